The standard InChI is InChI=1S/C31H37FN2O3/c1-24(2)37-21-9-20-33-31(36)29(22-26-12-7-4-8-13-26)34(23-27-14-17-28(32)18-15-27)30(35)19-16-25-10-5-3-6-11-25/h3-8,10-15,17-18,24,29H,9,16,19-23H2,1-2H3,(H,33,36)/t29-/m1/s1. The van der Waals surface area contributed by atoms with Crippen LogP contribution in [0.4, 0.5) is 4.39 Å². The first kappa shape index (κ1) is 28.1. The van der Waals surface area contributed by atoms with Gasteiger partial charge in [-0.15, -0.1) is 0 Å². The summed E-state index contributed by atoms with van der Waals surface area (Å²) in [6.07, 6.45) is 2.04. The minimum absolute atomic E-state index is 0.118. The van der Waals surface area contributed by atoms with Crippen molar-refractivity contribution in [2.75, 3.05) is 13.2 Å². The number of aryl methyl sites for hydroxylation is 1. The number of halogens is 1. The largest absolute Gasteiger partial charge is 0.379 e. The first-order valence-electron chi connectivity index (χ1n) is 12.9. The van der Waals surface area contributed by atoms with Crippen LogP contribution in [0.15, 0.2) is 84.9 Å². The molecule has 3 aromatic rings. The summed E-state index contributed by atoms with van der Waals surface area (Å²) in [5.74, 6) is -0.663. The number of nitrogens with one attached hydrogen (secondary N) is 1. The maximum absolute atomic E-state index is 13.6. The summed E-state index contributed by atoms with van der Waals surface area (Å²) in [5.41, 5.74) is 2.79. The van der Waals surface area contributed by atoms with Crippen LogP contribution in [-0.4, -0.2) is 42.0 Å². The summed E-state index contributed by atoms with van der Waals surface area (Å²) in [7, 11) is 0. The molecule has 3 aromatic carbocycles. The molecule has 0 aliphatic carbocycles. The number of nitrogens with zero attached hydrogens (tertiary/aromatic N) is 1. The van der Waals surface area contributed by atoms with Gasteiger partial charge in [0, 0.05) is 32.5 Å². The summed E-state index contributed by atoms with van der Waals surface area (Å²) in [4.78, 5) is 28.8. The van der Waals surface area contributed by atoms with E-state index in [0.717, 1.165) is 16.7 Å². The molecule has 0 aromatic heterocycles. The van der Waals surface area contributed by atoms with Crippen LogP contribution in [0, 0.1) is 5.82 Å². The first-order valence-corrected chi connectivity index (χ1v) is 12.9. The molecule has 0 aliphatic rings. The number of amides is 2. The SMILES string of the molecule is CC(C)OCCCNC(=O)[C@@H](Cc1ccccc1)N(Cc1ccc(F)cc1)C(=O)CCc1ccccc1. The summed E-state index contributed by atoms with van der Waals surface area (Å²) >= 11 is 0. The second-order valence-electron chi connectivity index (χ2n) is 9.40. The number of hydrogen-bond donors (Lipinski definition) is 1. The lowest BCUT2D eigenvalue weighted by atomic mass is 10.0. The molecule has 3 rings (SSSR count). The Morgan fingerprint density at radius 3 is 2.11 bits per heavy atom. The van der Waals surface area contributed by atoms with Crippen LogP contribution in [0.25, 0.3) is 0 Å². The highest BCUT2D eigenvalue weighted by Gasteiger charge is 2.30. The molecule has 0 bridgehead atoms. The van der Waals surface area contributed by atoms with Gasteiger partial charge in [0.2, 0.25) is 11.8 Å². The van der Waals surface area contributed by atoms with E-state index in [4.69, 9.17) is 4.74 Å². The Balaban J connectivity index is 1.81. The third kappa shape index (κ3) is 9.81. The molecule has 0 unspecified atom stereocenters. The Kier molecular flexibility index (Phi) is 11.3. The van der Waals surface area contributed by atoms with Crippen LogP contribution in [0.2, 0.25) is 0 Å². The fourth-order valence-electron chi connectivity index (χ4n) is 4.10. The fraction of sp³-hybridized carbons (Fsp3) is 0.355. The van der Waals surface area contributed by atoms with Crippen molar-refractivity contribution in [1.29, 1.82) is 0 Å². The molecule has 0 radical (unpaired) electrons. The van der Waals surface area contributed by atoms with Crippen LogP contribution in [0.3, 0.4) is 0 Å². The third-order valence-corrected chi connectivity index (χ3v) is 6.08. The van der Waals surface area contributed by atoms with Crippen LogP contribution in [-0.2, 0) is 33.7 Å². The molecule has 5 nitrogen and oxygen atoms in total. The highest BCUT2D eigenvalue weighted by atomic mass is 19.1. The molecule has 0 spiro atoms. The van der Waals surface area contributed by atoms with Gasteiger partial charge in [-0.25, -0.2) is 4.39 Å². The van der Waals surface area contributed by atoms with Crippen LogP contribution < -0.4 is 5.32 Å². The molecule has 2 amide bonds. The number of benzene rings is 3. The average molecular weight is 505 g/mol. The minimum Gasteiger partial charge on any atom is -0.379 e. The van der Waals surface area contributed by atoms with Crippen molar-refractivity contribution < 1.29 is 18.7 Å². The van der Waals surface area contributed by atoms with E-state index in [2.05, 4.69) is 5.32 Å². The maximum Gasteiger partial charge on any atom is 0.243 e. The average Bonchev–Trinajstić information content (AvgIpc) is 2.91. The lowest BCUT2D eigenvalue weighted by Crippen LogP contribution is -2.50. The molecular weight excluding hydrogens is 467 g/mol. The van der Waals surface area contributed by atoms with Crippen molar-refractivity contribution in [3.63, 3.8) is 0 Å². The van der Waals surface area contributed by atoms with E-state index < -0.39 is 6.04 Å². The van der Waals surface area contributed by atoms with Crippen LogP contribution >= 0.6 is 0 Å². The molecule has 1 atom stereocenters. The zero-order chi connectivity index (χ0) is 26.5. The highest BCUT2D eigenvalue weighted by Crippen LogP contribution is 2.17. The summed E-state index contributed by atoms with van der Waals surface area (Å²) in [6.45, 7) is 5.18. The zero-order valence-corrected chi connectivity index (χ0v) is 21.7. The van der Waals surface area contributed by atoms with Gasteiger partial charge < -0.3 is 15.0 Å². The smallest absolute Gasteiger partial charge is 0.243 e. The van der Waals surface area contributed by atoms with Gasteiger partial charge >= 0.3 is 0 Å². The Bertz CT molecular complexity index is 1090. The molecular formula is C31H37FN2O3. The van der Waals surface area contributed by atoms with Crippen molar-refractivity contribution in [3.05, 3.63) is 107 Å². The van der Waals surface area contributed by atoms with Crippen LogP contribution in [0.1, 0.15) is 43.4 Å². The van der Waals surface area contributed by atoms with E-state index in [1.54, 1.807) is 17.0 Å². The van der Waals surface area contributed by atoms with E-state index in [1.165, 1.54) is 12.1 Å². The van der Waals surface area contributed by atoms with Crippen molar-refractivity contribution >= 4 is 11.8 Å². The van der Waals surface area contributed by atoms with E-state index in [0.29, 0.717) is 32.4 Å². The Labute approximate surface area is 219 Å². The molecule has 6 heteroatoms. The zero-order valence-electron chi connectivity index (χ0n) is 21.7. The van der Waals surface area contributed by atoms with E-state index in [9.17, 15) is 14.0 Å². The number of rotatable bonds is 14. The molecule has 0 saturated heterocycles. The molecule has 37 heavy (non-hydrogen) atoms. The summed E-state index contributed by atoms with van der Waals surface area (Å²) in [6, 6.07) is 24.9. The lowest BCUT2D eigenvalue weighted by molar-refractivity contribution is -0.141. The predicted octanol–water partition coefficient (Wildman–Crippen LogP) is 5.33. The van der Waals surface area contributed by atoms with E-state index in [1.807, 2.05) is 74.5 Å². The minimum atomic E-state index is -0.707. The molecule has 0 saturated carbocycles. The first-order chi connectivity index (χ1) is 17.9. The maximum atomic E-state index is 13.6. The second kappa shape index (κ2) is 14.9. The van der Waals surface area contributed by atoms with Gasteiger partial charge in [0.15, 0.2) is 0 Å². The van der Waals surface area contributed by atoms with Gasteiger partial charge in [0.1, 0.15) is 11.9 Å². The quantitative estimate of drug-likeness (QED) is 0.302. The van der Waals surface area contributed by atoms with Crippen molar-refractivity contribution in [2.24, 2.45) is 0 Å². The molecule has 1 N–H and O–H groups in total. The number of carbonyl (C=O) groups excluding carboxylic acids is 2. The molecule has 0 aliphatic heterocycles. The van der Waals surface area contributed by atoms with Gasteiger partial charge in [0.25, 0.3) is 0 Å². The monoisotopic (exact) mass is 504 g/mol. The van der Waals surface area contributed by atoms with Crippen molar-refractivity contribution in [2.45, 2.75) is 58.2 Å². The lowest BCUT2D eigenvalue weighted by Gasteiger charge is -2.31. The van der Waals surface area contributed by atoms with Gasteiger partial charge in [-0.05, 0) is 55.5 Å². The highest BCUT2D eigenvalue weighted by molar-refractivity contribution is 5.88. The Hall–Kier alpha value is -3.51. The topological polar surface area (TPSA) is 58.6 Å². The van der Waals surface area contributed by atoms with Gasteiger partial charge in [0.05, 0.1) is 6.10 Å². The van der Waals surface area contributed by atoms with Gasteiger partial charge in [-0.2, -0.15) is 0 Å². The fourth-order valence-corrected chi connectivity index (χ4v) is 4.10. The Morgan fingerprint density at radius 1 is 0.865 bits per heavy atom. The summed E-state index contributed by atoms with van der Waals surface area (Å²) in [5, 5.41) is 3.01. The van der Waals surface area contributed by atoms with Crippen molar-refractivity contribution in [1.82, 2.24) is 10.2 Å². The number of carbonyl (C=O) groups is 2. The molecule has 0 heterocycles. The normalized spacial score (nSPS) is 11.8. The Morgan fingerprint density at radius 2 is 1.49 bits per heavy atom. The number of ether oxygens (including phenoxy) is 1. The van der Waals surface area contributed by atoms with E-state index in [-0.39, 0.29) is 36.7 Å². The van der Waals surface area contributed by atoms with Gasteiger partial charge in [-0.1, -0.05) is 72.8 Å². The number of hydrogen-bond acceptors (Lipinski definition) is 3. The van der Waals surface area contributed by atoms with Crippen molar-refractivity contribution in [3.8, 4) is 0 Å². The third-order valence-electron chi connectivity index (χ3n) is 6.08. The van der Waals surface area contributed by atoms with Crippen LogP contribution in [0.5, 0.6) is 0 Å². The van der Waals surface area contributed by atoms with E-state index >= 15 is 0 Å². The molecule has 196 valence electrons. The van der Waals surface area contributed by atoms with Gasteiger partial charge in [-0.3, -0.25) is 9.59 Å². The summed E-state index contributed by atoms with van der Waals surface area (Å²) < 4.78 is 19.1. The second-order valence-corrected chi connectivity index (χ2v) is 9.40. The predicted molar refractivity (Wildman–Crippen MR) is 144 cm³/mol. The molecule has 0 fully saturated rings.